The van der Waals surface area contributed by atoms with Crippen molar-refractivity contribution in [2.24, 2.45) is 0 Å². The number of rotatable bonds is 6. The van der Waals surface area contributed by atoms with Gasteiger partial charge in [0.25, 0.3) is 0 Å². The molecule has 5 heteroatoms. The Hall–Kier alpha value is -1.98. The van der Waals surface area contributed by atoms with Crippen LogP contribution in [0.1, 0.15) is 49.5 Å². The van der Waals surface area contributed by atoms with Crippen molar-refractivity contribution in [1.29, 1.82) is 0 Å². The number of methoxy groups -OCH3 is 1. The summed E-state index contributed by atoms with van der Waals surface area (Å²) in [4.78, 5) is 2.42. The number of aliphatic hydroxyl groups is 1. The third-order valence-electron chi connectivity index (χ3n) is 4.99. The van der Waals surface area contributed by atoms with E-state index in [4.69, 9.17) is 9.15 Å². The molecule has 2 N–H and O–H groups in total. The number of phenols is 1. The van der Waals surface area contributed by atoms with Crippen LogP contribution in [0.4, 0.5) is 0 Å². The summed E-state index contributed by atoms with van der Waals surface area (Å²) in [5.41, 5.74) is 1.05. The van der Waals surface area contributed by atoms with Gasteiger partial charge in [-0.2, -0.15) is 0 Å². The van der Waals surface area contributed by atoms with Gasteiger partial charge in [-0.05, 0) is 55.6 Å². The van der Waals surface area contributed by atoms with Gasteiger partial charge in [0.15, 0.2) is 11.5 Å². The molecule has 0 bridgehead atoms. The molecular formula is C20H27NO4. The van der Waals surface area contributed by atoms with Gasteiger partial charge in [0, 0.05) is 12.6 Å². The minimum atomic E-state index is -0.579. The zero-order chi connectivity index (χ0) is 17.6. The van der Waals surface area contributed by atoms with Gasteiger partial charge in [-0.25, -0.2) is 0 Å². The number of furan rings is 1. The first kappa shape index (κ1) is 17.8. The lowest BCUT2D eigenvalue weighted by atomic mass is 10.0. The highest BCUT2D eigenvalue weighted by Crippen LogP contribution is 2.30. The van der Waals surface area contributed by atoms with E-state index < -0.39 is 6.10 Å². The molecule has 0 amide bonds. The SMILES string of the molecule is COc1ccc(CN2CCCCCC2CC(O)c2ccco2)cc1O. The highest BCUT2D eigenvalue weighted by molar-refractivity contribution is 5.41. The fourth-order valence-electron chi connectivity index (χ4n) is 3.64. The molecule has 2 heterocycles. The molecule has 2 atom stereocenters. The van der Waals surface area contributed by atoms with E-state index in [1.165, 1.54) is 12.8 Å². The first-order valence-corrected chi connectivity index (χ1v) is 8.99. The lowest BCUT2D eigenvalue weighted by molar-refractivity contribution is 0.0830. The van der Waals surface area contributed by atoms with Crippen molar-refractivity contribution in [3.63, 3.8) is 0 Å². The number of phenolic OH excluding ortho intramolecular Hbond substituents is 1. The normalized spacial score (nSPS) is 20.2. The van der Waals surface area contributed by atoms with Crippen LogP contribution < -0.4 is 4.74 Å². The average molecular weight is 345 g/mol. The molecular weight excluding hydrogens is 318 g/mol. The summed E-state index contributed by atoms with van der Waals surface area (Å²) in [5.74, 6) is 1.29. The topological polar surface area (TPSA) is 66.1 Å². The van der Waals surface area contributed by atoms with E-state index in [2.05, 4.69) is 4.90 Å². The molecule has 2 aromatic rings. The van der Waals surface area contributed by atoms with Gasteiger partial charge in [0.1, 0.15) is 11.9 Å². The number of ether oxygens (including phenoxy) is 1. The van der Waals surface area contributed by atoms with E-state index in [1.807, 2.05) is 18.2 Å². The lowest BCUT2D eigenvalue weighted by Gasteiger charge is -2.31. The Labute approximate surface area is 148 Å². The number of aromatic hydroxyl groups is 1. The number of hydrogen-bond acceptors (Lipinski definition) is 5. The van der Waals surface area contributed by atoms with E-state index in [0.29, 0.717) is 24.0 Å². The van der Waals surface area contributed by atoms with Crippen molar-refractivity contribution in [3.8, 4) is 11.5 Å². The van der Waals surface area contributed by atoms with Gasteiger partial charge in [-0.15, -0.1) is 0 Å². The van der Waals surface area contributed by atoms with Crippen LogP contribution in [0.3, 0.4) is 0 Å². The highest BCUT2D eigenvalue weighted by atomic mass is 16.5. The van der Waals surface area contributed by atoms with Crippen LogP contribution in [0, 0.1) is 0 Å². The Morgan fingerprint density at radius 3 is 2.88 bits per heavy atom. The summed E-state index contributed by atoms with van der Waals surface area (Å²) < 4.78 is 10.5. The van der Waals surface area contributed by atoms with E-state index in [9.17, 15) is 10.2 Å². The predicted molar refractivity (Wildman–Crippen MR) is 95.6 cm³/mol. The van der Waals surface area contributed by atoms with Crippen molar-refractivity contribution in [3.05, 3.63) is 47.9 Å². The van der Waals surface area contributed by atoms with Crippen LogP contribution in [0.5, 0.6) is 11.5 Å². The van der Waals surface area contributed by atoms with Crippen LogP contribution in [0.25, 0.3) is 0 Å². The fraction of sp³-hybridized carbons (Fsp3) is 0.500. The van der Waals surface area contributed by atoms with E-state index >= 15 is 0 Å². The molecule has 1 aromatic heterocycles. The zero-order valence-electron chi connectivity index (χ0n) is 14.7. The summed E-state index contributed by atoms with van der Waals surface area (Å²) in [6, 6.07) is 9.49. The largest absolute Gasteiger partial charge is 0.504 e. The first-order chi connectivity index (χ1) is 12.2. The zero-order valence-corrected chi connectivity index (χ0v) is 14.7. The van der Waals surface area contributed by atoms with Crippen LogP contribution in [0.2, 0.25) is 0 Å². The molecule has 25 heavy (non-hydrogen) atoms. The van der Waals surface area contributed by atoms with Crippen molar-refractivity contribution < 1.29 is 19.4 Å². The molecule has 3 rings (SSSR count). The summed E-state index contributed by atoms with van der Waals surface area (Å²) in [6.45, 7) is 1.76. The van der Waals surface area contributed by atoms with Gasteiger partial charge in [-0.1, -0.05) is 18.9 Å². The van der Waals surface area contributed by atoms with Crippen molar-refractivity contribution in [1.82, 2.24) is 4.90 Å². The molecule has 136 valence electrons. The minimum absolute atomic E-state index is 0.169. The lowest BCUT2D eigenvalue weighted by Crippen LogP contribution is -2.35. The smallest absolute Gasteiger partial charge is 0.160 e. The molecule has 2 unspecified atom stereocenters. The summed E-state index contributed by atoms with van der Waals surface area (Å²) in [5, 5.41) is 20.5. The van der Waals surface area contributed by atoms with E-state index in [1.54, 1.807) is 25.5 Å². The van der Waals surface area contributed by atoms with Crippen LogP contribution in [-0.4, -0.2) is 34.8 Å². The van der Waals surface area contributed by atoms with Crippen molar-refractivity contribution >= 4 is 0 Å². The Bertz CT molecular complexity index is 656. The van der Waals surface area contributed by atoms with Crippen molar-refractivity contribution in [2.75, 3.05) is 13.7 Å². The second-order valence-electron chi connectivity index (χ2n) is 6.75. The Morgan fingerprint density at radius 2 is 2.16 bits per heavy atom. The molecule has 0 saturated carbocycles. The standard InChI is InChI=1S/C20H27NO4/c1-24-19-9-8-15(12-17(19)22)14-21-10-4-2-3-6-16(21)13-18(23)20-7-5-11-25-20/h5,7-9,11-12,16,18,22-23H,2-4,6,10,13-14H2,1H3. The number of benzene rings is 1. The summed E-state index contributed by atoms with van der Waals surface area (Å²) in [7, 11) is 1.55. The van der Waals surface area contributed by atoms with Gasteiger partial charge >= 0.3 is 0 Å². The van der Waals surface area contributed by atoms with E-state index in [0.717, 1.165) is 31.5 Å². The molecule has 1 aliphatic rings. The summed E-state index contributed by atoms with van der Waals surface area (Å²) in [6.07, 6.45) is 6.32. The highest BCUT2D eigenvalue weighted by Gasteiger charge is 2.25. The monoisotopic (exact) mass is 345 g/mol. The maximum atomic E-state index is 10.5. The number of nitrogens with zero attached hydrogens (tertiary/aromatic N) is 1. The Morgan fingerprint density at radius 1 is 1.28 bits per heavy atom. The molecule has 1 saturated heterocycles. The number of likely N-dealkylation sites (tertiary alicyclic amines) is 1. The number of hydrogen-bond donors (Lipinski definition) is 2. The average Bonchev–Trinajstić information content (AvgIpc) is 3.06. The van der Waals surface area contributed by atoms with Gasteiger partial charge in [-0.3, -0.25) is 4.90 Å². The molecule has 0 radical (unpaired) electrons. The van der Waals surface area contributed by atoms with Crippen molar-refractivity contribution in [2.45, 2.75) is 50.8 Å². The second kappa shape index (κ2) is 8.41. The van der Waals surface area contributed by atoms with Gasteiger partial charge in [0.05, 0.1) is 13.4 Å². The molecule has 1 fully saturated rings. The van der Waals surface area contributed by atoms with Crippen LogP contribution in [0.15, 0.2) is 41.0 Å². The first-order valence-electron chi connectivity index (χ1n) is 8.99. The Kier molecular flexibility index (Phi) is 6.00. The predicted octanol–water partition coefficient (Wildman–Crippen LogP) is 3.86. The third kappa shape index (κ3) is 4.55. The molecule has 5 nitrogen and oxygen atoms in total. The third-order valence-corrected chi connectivity index (χ3v) is 4.99. The Balaban J connectivity index is 1.70. The van der Waals surface area contributed by atoms with Gasteiger partial charge < -0.3 is 19.4 Å². The quantitative estimate of drug-likeness (QED) is 0.832. The van der Waals surface area contributed by atoms with E-state index in [-0.39, 0.29) is 5.75 Å². The molecule has 0 aliphatic carbocycles. The maximum absolute atomic E-state index is 10.5. The fourth-order valence-corrected chi connectivity index (χ4v) is 3.64. The molecule has 1 aliphatic heterocycles. The van der Waals surface area contributed by atoms with Crippen LogP contribution >= 0.6 is 0 Å². The number of aliphatic hydroxyl groups excluding tert-OH is 1. The molecule has 1 aromatic carbocycles. The van der Waals surface area contributed by atoms with Crippen LogP contribution in [-0.2, 0) is 6.54 Å². The van der Waals surface area contributed by atoms with Gasteiger partial charge in [0.2, 0.25) is 0 Å². The molecule has 0 spiro atoms. The minimum Gasteiger partial charge on any atom is -0.504 e. The maximum Gasteiger partial charge on any atom is 0.160 e. The summed E-state index contributed by atoms with van der Waals surface area (Å²) >= 11 is 0. The second-order valence-corrected chi connectivity index (χ2v) is 6.75.